The highest BCUT2D eigenvalue weighted by atomic mass is 16.3. The van der Waals surface area contributed by atoms with Gasteiger partial charge in [0.25, 0.3) is 0 Å². The fourth-order valence-corrected chi connectivity index (χ4v) is 4.31. The van der Waals surface area contributed by atoms with Crippen molar-refractivity contribution in [1.29, 1.82) is 0 Å². The molecule has 2 fully saturated rings. The lowest BCUT2D eigenvalue weighted by Crippen LogP contribution is -2.21. The first-order valence-corrected chi connectivity index (χ1v) is 15.3. The molecule has 6 heteroatoms. The van der Waals surface area contributed by atoms with E-state index in [1.165, 1.54) is 64.2 Å². The zero-order valence-corrected chi connectivity index (χ0v) is 24.0. The quantitative estimate of drug-likeness (QED) is 0.175. The molecule has 220 valence electrons. The number of hydrogen-bond donors (Lipinski definition) is 6. The second-order valence-corrected chi connectivity index (χ2v) is 10.6. The molecule has 0 amide bonds. The number of rotatable bonds is 12. The second kappa shape index (κ2) is 31.0. The summed E-state index contributed by atoms with van der Waals surface area (Å²) in [6.45, 7) is 5.16. The lowest BCUT2D eigenvalue weighted by atomic mass is 9.95. The van der Waals surface area contributed by atoms with E-state index in [-0.39, 0.29) is 24.4 Å². The Bertz CT molecular complexity index is 344. The highest BCUT2D eigenvalue weighted by molar-refractivity contribution is 4.69. The smallest absolute Gasteiger partial charge is 0.0542 e. The highest BCUT2D eigenvalue weighted by Gasteiger charge is 2.16. The van der Waals surface area contributed by atoms with Crippen LogP contribution in [0.1, 0.15) is 155 Å². The summed E-state index contributed by atoms with van der Waals surface area (Å²) in [5.41, 5.74) is 0. The fraction of sp³-hybridized carbons (Fsp3) is 1.00. The van der Waals surface area contributed by atoms with Crippen molar-refractivity contribution in [3.8, 4) is 0 Å². The minimum atomic E-state index is -0.140. The highest BCUT2D eigenvalue weighted by Crippen LogP contribution is 2.18. The molecule has 0 saturated heterocycles. The Morgan fingerprint density at radius 3 is 0.917 bits per heavy atom. The van der Waals surface area contributed by atoms with Gasteiger partial charge in [-0.05, 0) is 77.0 Å². The van der Waals surface area contributed by atoms with Gasteiger partial charge in [-0.1, -0.05) is 78.1 Å². The standard InChI is InChI=1S/C9H20O.C8H16O2.C7H16O.C6H12O2/c1-2-3-4-5-6-7-8-9-10;9-7-3-1-4-8(10)6-2-5-7;1-2-3-4-5-6-7-8;7-5-1-2-6(8)4-3-5/h10H,2-9H2,1H3;7-10H,1-6H2;8H,2-7H2,1H3;5-8H,1-4H2. The van der Waals surface area contributed by atoms with Crippen LogP contribution in [-0.4, -0.2) is 68.3 Å². The SMILES string of the molecule is CCCCCCCCCO.CCCCCCCO.OC1CCC(O)CC1.OC1CCCC(O)CCC1. The van der Waals surface area contributed by atoms with Crippen LogP contribution in [0.5, 0.6) is 0 Å². The van der Waals surface area contributed by atoms with Crippen molar-refractivity contribution in [2.24, 2.45) is 0 Å². The van der Waals surface area contributed by atoms with Crippen LogP contribution < -0.4 is 0 Å². The van der Waals surface area contributed by atoms with Crippen molar-refractivity contribution in [3.63, 3.8) is 0 Å². The maximum Gasteiger partial charge on any atom is 0.0542 e. The van der Waals surface area contributed by atoms with E-state index in [1.54, 1.807) is 0 Å². The fourth-order valence-electron chi connectivity index (χ4n) is 4.31. The predicted octanol–water partition coefficient (Wildman–Crippen LogP) is 6.02. The molecule has 0 radical (unpaired) electrons. The molecule has 0 aliphatic heterocycles. The van der Waals surface area contributed by atoms with Crippen LogP contribution in [0.3, 0.4) is 0 Å². The van der Waals surface area contributed by atoms with Crippen molar-refractivity contribution in [3.05, 3.63) is 0 Å². The molecular formula is C30H64O6. The molecule has 0 aromatic rings. The molecule has 0 aromatic heterocycles. The first kappa shape index (κ1) is 37.9. The third-order valence-corrected chi connectivity index (χ3v) is 6.84. The van der Waals surface area contributed by atoms with E-state index in [9.17, 15) is 10.2 Å². The van der Waals surface area contributed by atoms with Crippen molar-refractivity contribution >= 4 is 0 Å². The Kier molecular flexibility index (Phi) is 32.6. The van der Waals surface area contributed by atoms with Gasteiger partial charge in [0.15, 0.2) is 0 Å². The van der Waals surface area contributed by atoms with E-state index in [1.807, 2.05) is 0 Å². The molecule has 2 rings (SSSR count). The number of aliphatic hydroxyl groups excluding tert-OH is 6. The molecule has 0 heterocycles. The molecule has 0 unspecified atom stereocenters. The van der Waals surface area contributed by atoms with Crippen molar-refractivity contribution in [2.75, 3.05) is 13.2 Å². The Morgan fingerprint density at radius 2 is 0.639 bits per heavy atom. The summed E-state index contributed by atoms with van der Waals surface area (Å²) in [7, 11) is 0. The monoisotopic (exact) mass is 520 g/mol. The van der Waals surface area contributed by atoms with Gasteiger partial charge in [0, 0.05) is 13.2 Å². The van der Waals surface area contributed by atoms with E-state index in [4.69, 9.17) is 20.4 Å². The third-order valence-electron chi connectivity index (χ3n) is 6.84. The van der Waals surface area contributed by atoms with Gasteiger partial charge in [0.2, 0.25) is 0 Å². The van der Waals surface area contributed by atoms with Gasteiger partial charge in [0.1, 0.15) is 0 Å². The topological polar surface area (TPSA) is 121 Å². The summed E-state index contributed by atoms with van der Waals surface area (Å²) in [5, 5.41) is 53.1. The van der Waals surface area contributed by atoms with Gasteiger partial charge in [-0.15, -0.1) is 0 Å². The maximum absolute atomic E-state index is 9.22. The number of unbranched alkanes of at least 4 members (excludes halogenated alkanes) is 10. The van der Waals surface area contributed by atoms with Crippen LogP contribution in [-0.2, 0) is 0 Å². The van der Waals surface area contributed by atoms with Crippen molar-refractivity contribution in [2.45, 2.75) is 180 Å². The average Bonchev–Trinajstić information content (AvgIpc) is 2.86. The summed E-state index contributed by atoms with van der Waals surface area (Å²) in [6.07, 6.45) is 23.1. The van der Waals surface area contributed by atoms with E-state index in [0.717, 1.165) is 77.0 Å². The van der Waals surface area contributed by atoms with Crippen LogP contribution in [0.4, 0.5) is 0 Å². The van der Waals surface area contributed by atoms with E-state index in [0.29, 0.717) is 13.2 Å². The Hall–Kier alpha value is -0.240. The summed E-state index contributed by atoms with van der Waals surface area (Å²) in [4.78, 5) is 0. The molecule has 6 nitrogen and oxygen atoms in total. The van der Waals surface area contributed by atoms with E-state index in [2.05, 4.69) is 13.8 Å². The van der Waals surface area contributed by atoms with E-state index >= 15 is 0 Å². The molecule has 6 N–H and O–H groups in total. The van der Waals surface area contributed by atoms with Crippen molar-refractivity contribution in [1.82, 2.24) is 0 Å². The first-order chi connectivity index (χ1) is 17.4. The van der Waals surface area contributed by atoms with Gasteiger partial charge < -0.3 is 30.6 Å². The zero-order valence-electron chi connectivity index (χ0n) is 24.0. The largest absolute Gasteiger partial charge is 0.396 e. The van der Waals surface area contributed by atoms with Gasteiger partial charge >= 0.3 is 0 Å². The van der Waals surface area contributed by atoms with Crippen LogP contribution in [0.25, 0.3) is 0 Å². The van der Waals surface area contributed by atoms with Crippen LogP contribution in [0.2, 0.25) is 0 Å². The second-order valence-electron chi connectivity index (χ2n) is 10.6. The van der Waals surface area contributed by atoms with Crippen LogP contribution in [0, 0.1) is 0 Å². The molecule has 0 aromatic carbocycles. The molecule has 0 bridgehead atoms. The first-order valence-electron chi connectivity index (χ1n) is 15.3. The lowest BCUT2D eigenvalue weighted by molar-refractivity contribution is 0.0541. The summed E-state index contributed by atoms with van der Waals surface area (Å²) < 4.78 is 0. The Balaban J connectivity index is 0. The van der Waals surface area contributed by atoms with E-state index < -0.39 is 0 Å². The van der Waals surface area contributed by atoms with Crippen LogP contribution >= 0.6 is 0 Å². The molecule has 2 saturated carbocycles. The molecule has 0 spiro atoms. The number of aliphatic hydroxyl groups is 6. The molecular weight excluding hydrogens is 456 g/mol. The molecule has 0 atom stereocenters. The van der Waals surface area contributed by atoms with Crippen molar-refractivity contribution < 1.29 is 30.6 Å². The predicted molar refractivity (Wildman–Crippen MR) is 151 cm³/mol. The Labute approximate surface area is 223 Å². The maximum atomic E-state index is 9.22. The molecule has 36 heavy (non-hydrogen) atoms. The summed E-state index contributed by atoms with van der Waals surface area (Å²) in [5.74, 6) is 0. The van der Waals surface area contributed by atoms with Crippen LogP contribution in [0.15, 0.2) is 0 Å². The van der Waals surface area contributed by atoms with Gasteiger partial charge in [0.05, 0.1) is 24.4 Å². The lowest BCUT2D eigenvalue weighted by Gasteiger charge is -2.20. The minimum absolute atomic E-state index is 0.104. The molecule has 2 aliphatic rings. The normalized spacial score (nSPS) is 24.0. The van der Waals surface area contributed by atoms with Gasteiger partial charge in [-0.3, -0.25) is 0 Å². The van der Waals surface area contributed by atoms with Gasteiger partial charge in [-0.2, -0.15) is 0 Å². The summed E-state index contributed by atoms with van der Waals surface area (Å²) >= 11 is 0. The average molecular weight is 521 g/mol. The zero-order chi connectivity index (χ0) is 27.3. The third kappa shape index (κ3) is 31.8. The number of hydrogen-bond acceptors (Lipinski definition) is 6. The minimum Gasteiger partial charge on any atom is -0.396 e. The summed E-state index contributed by atoms with van der Waals surface area (Å²) in [6, 6.07) is 0. The molecule has 2 aliphatic carbocycles. The van der Waals surface area contributed by atoms with Gasteiger partial charge in [-0.25, -0.2) is 0 Å². The Morgan fingerprint density at radius 1 is 0.389 bits per heavy atom.